The van der Waals surface area contributed by atoms with E-state index in [9.17, 15) is 17.2 Å². The van der Waals surface area contributed by atoms with Gasteiger partial charge in [0.25, 0.3) is 10.0 Å². The maximum Gasteiger partial charge on any atom is 0.387 e. The van der Waals surface area contributed by atoms with Crippen molar-refractivity contribution in [3.8, 4) is 17.2 Å². The highest BCUT2D eigenvalue weighted by molar-refractivity contribution is 7.92. The van der Waals surface area contributed by atoms with Crippen LogP contribution in [0.15, 0.2) is 41.3 Å². The van der Waals surface area contributed by atoms with Gasteiger partial charge < -0.3 is 24.4 Å². The molecule has 2 aromatic carbocycles. The van der Waals surface area contributed by atoms with Crippen LogP contribution in [0.4, 0.5) is 20.2 Å². The van der Waals surface area contributed by atoms with E-state index in [-0.39, 0.29) is 16.4 Å². The van der Waals surface area contributed by atoms with Crippen LogP contribution >= 0.6 is 0 Å². The van der Waals surface area contributed by atoms with Gasteiger partial charge >= 0.3 is 6.61 Å². The lowest BCUT2D eigenvalue weighted by molar-refractivity contribution is -0.0513. The molecule has 1 fully saturated rings. The van der Waals surface area contributed by atoms with Crippen molar-refractivity contribution >= 4 is 21.4 Å². The Hall–Kier alpha value is -2.79. The summed E-state index contributed by atoms with van der Waals surface area (Å²) < 4.78 is 68.1. The largest absolute Gasteiger partial charge is 0.495 e. The summed E-state index contributed by atoms with van der Waals surface area (Å²) in [7, 11) is -1.24. The molecule has 0 aliphatic carbocycles. The van der Waals surface area contributed by atoms with Gasteiger partial charge in [-0.15, -0.1) is 0 Å². The number of nitrogens with zero attached hydrogens (tertiary/aromatic N) is 1. The highest BCUT2D eigenvalue weighted by atomic mass is 32.2. The smallest absolute Gasteiger partial charge is 0.387 e. The summed E-state index contributed by atoms with van der Waals surface area (Å²) in [5.41, 5.74) is 1.08. The minimum absolute atomic E-state index is 0.000285. The Kier molecular flexibility index (Phi) is 6.83. The summed E-state index contributed by atoms with van der Waals surface area (Å²) in [6.45, 7) is -0.0120. The number of sulfonamides is 1. The van der Waals surface area contributed by atoms with Crippen molar-refractivity contribution in [1.82, 2.24) is 5.32 Å². The number of rotatable bonds is 8. The molecule has 0 aromatic heterocycles. The fourth-order valence-electron chi connectivity index (χ4n) is 3.13. The van der Waals surface area contributed by atoms with E-state index < -0.39 is 16.6 Å². The molecule has 0 amide bonds. The Morgan fingerprint density at radius 2 is 1.67 bits per heavy atom. The van der Waals surface area contributed by atoms with Crippen molar-refractivity contribution in [2.24, 2.45) is 0 Å². The Morgan fingerprint density at radius 1 is 1.00 bits per heavy atom. The van der Waals surface area contributed by atoms with Crippen LogP contribution in [0.25, 0.3) is 0 Å². The van der Waals surface area contributed by atoms with Gasteiger partial charge in [-0.2, -0.15) is 8.78 Å². The second-order valence-electron chi connectivity index (χ2n) is 6.42. The van der Waals surface area contributed by atoms with Gasteiger partial charge in [0, 0.05) is 32.2 Å². The average Bonchev–Trinajstić information content (AvgIpc) is 2.73. The number of ether oxygens (including phenoxy) is 3. The average molecular weight is 443 g/mol. The van der Waals surface area contributed by atoms with Gasteiger partial charge in [-0.3, -0.25) is 4.72 Å². The van der Waals surface area contributed by atoms with E-state index in [4.69, 9.17) is 9.47 Å². The van der Waals surface area contributed by atoms with Crippen LogP contribution in [0.5, 0.6) is 17.2 Å². The van der Waals surface area contributed by atoms with Gasteiger partial charge in [0.1, 0.15) is 5.75 Å². The Morgan fingerprint density at radius 3 is 2.30 bits per heavy atom. The molecule has 30 heavy (non-hydrogen) atoms. The summed E-state index contributed by atoms with van der Waals surface area (Å²) in [5.74, 6) is 0.253. The van der Waals surface area contributed by atoms with Crippen molar-refractivity contribution in [2.45, 2.75) is 11.5 Å². The predicted octanol–water partition coefficient (Wildman–Crippen LogP) is 2.52. The molecule has 1 heterocycles. The molecule has 0 bridgehead atoms. The molecule has 164 valence electrons. The van der Waals surface area contributed by atoms with Gasteiger partial charge in [0.15, 0.2) is 11.5 Å². The number of hydrogen-bond donors (Lipinski definition) is 2. The normalized spacial score (nSPS) is 14.5. The quantitative estimate of drug-likeness (QED) is 0.648. The molecule has 0 radical (unpaired) electrons. The van der Waals surface area contributed by atoms with E-state index in [0.29, 0.717) is 11.4 Å². The lowest BCUT2D eigenvalue weighted by Gasteiger charge is -2.31. The third-order valence-electron chi connectivity index (χ3n) is 4.55. The summed E-state index contributed by atoms with van der Waals surface area (Å²) in [4.78, 5) is 1.85. The van der Waals surface area contributed by atoms with E-state index in [1.807, 2.05) is 0 Å². The van der Waals surface area contributed by atoms with E-state index >= 15 is 0 Å². The summed E-state index contributed by atoms with van der Waals surface area (Å²) in [5, 5.41) is 3.25. The molecule has 0 atom stereocenters. The molecule has 2 N–H and O–H groups in total. The van der Waals surface area contributed by atoms with Crippen LogP contribution in [0.2, 0.25) is 0 Å². The first-order valence-electron chi connectivity index (χ1n) is 9.13. The van der Waals surface area contributed by atoms with E-state index in [1.165, 1.54) is 19.2 Å². The van der Waals surface area contributed by atoms with E-state index in [1.54, 1.807) is 25.3 Å². The molecular weight excluding hydrogens is 420 g/mol. The maximum absolute atomic E-state index is 12.8. The van der Waals surface area contributed by atoms with Crippen molar-refractivity contribution in [3.05, 3.63) is 36.4 Å². The number of nitrogens with one attached hydrogen (secondary N) is 2. The lowest BCUT2D eigenvalue weighted by atomic mass is 10.2. The van der Waals surface area contributed by atoms with Gasteiger partial charge in [-0.25, -0.2) is 8.42 Å². The topological polar surface area (TPSA) is 89.1 Å². The summed E-state index contributed by atoms with van der Waals surface area (Å²) in [6, 6.07) is 8.43. The SMILES string of the molecule is COc1ccc(S(=O)(=O)Nc2ccc(OC)c(N3CCNCC3)c2)cc1OC(F)F. The first kappa shape index (κ1) is 21.9. The first-order valence-corrected chi connectivity index (χ1v) is 10.6. The third kappa shape index (κ3) is 5.03. The predicted molar refractivity (Wildman–Crippen MR) is 109 cm³/mol. The Balaban J connectivity index is 1.89. The van der Waals surface area contributed by atoms with Gasteiger partial charge in [0.05, 0.1) is 30.5 Å². The molecule has 11 heteroatoms. The van der Waals surface area contributed by atoms with Crippen molar-refractivity contribution in [2.75, 3.05) is 50.0 Å². The van der Waals surface area contributed by atoms with Crippen molar-refractivity contribution in [3.63, 3.8) is 0 Å². The van der Waals surface area contributed by atoms with Crippen LogP contribution in [0.3, 0.4) is 0 Å². The summed E-state index contributed by atoms with van der Waals surface area (Å²) >= 11 is 0. The second-order valence-corrected chi connectivity index (χ2v) is 8.10. The minimum atomic E-state index is -4.07. The van der Waals surface area contributed by atoms with Crippen LogP contribution in [-0.4, -0.2) is 55.4 Å². The summed E-state index contributed by atoms with van der Waals surface area (Å²) in [6.07, 6.45) is 0. The number of hydrogen-bond acceptors (Lipinski definition) is 7. The van der Waals surface area contributed by atoms with E-state index in [0.717, 1.165) is 37.9 Å². The van der Waals surface area contributed by atoms with Crippen LogP contribution in [0.1, 0.15) is 0 Å². The van der Waals surface area contributed by atoms with Crippen LogP contribution in [-0.2, 0) is 10.0 Å². The molecule has 1 aliphatic rings. The highest BCUT2D eigenvalue weighted by Gasteiger charge is 2.21. The number of methoxy groups -OCH3 is 2. The molecule has 2 aromatic rings. The lowest BCUT2D eigenvalue weighted by Crippen LogP contribution is -2.43. The molecule has 1 saturated heterocycles. The fourth-order valence-corrected chi connectivity index (χ4v) is 4.20. The number of anilines is 2. The highest BCUT2D eigenvalue weighted by Crippen LogP contribution is 2.34. The number of piperazine rings is 1. The first-order chi connectivity index (χ1) is 14.3. The molecule has 0 saturated carbocycles. The Bertz CT molecular complexity index is 982. The van der Waals surface area contributed by atoms with Gasteiger partial charge in [-0.1, -0.05) is 0 Å². The zero-order chi connectivity index (χ0) is 21.7. The fraction of sp³-hybridized carbons (Fsp3) is 0.368. The number of alkyl halides is 2. The molecule has 0 spiro atoms. The van der Waals surface area contributed by atoms with Crippen molar-refractivity contribution in [1.29, 1.82) is 0 Å². The van der Waals surface area contributed by atoms with Gasteiger partial charge in [0.2, 0.25) is 0 Å². The standard InChI is InChI=1S/C19H23F2N3O5S/c1-27-16-5-3-13(11-15(16)24-9-7-22-8-10-24)23-30(25,26)14-4-6-17(28-2)18(12-14)29-19(20)21/h3-6,11-12,19,22-23H,7-10H2,1-2H3. The van der Waals surface area contributed by atoms with Gasteiger partial charge in [-0.05, 0) is 30.3 Å². The van der Waals surface area contributed by atoms with Crippen LogP contribution in [0, 0.1) is 0 Å². The van der Waals surface area contributed by atoms with Crippen LogP contribution < -0.4 is 29.1 Å². The molecule has 3 rings (SSSR count). The minimum Gasteiger partial charge on any atom is -0.495 e. The monoisotopic (exact) mass is 443 g/mol. The molecule has 1 aliphatic heterocycles. The number of halogens is 2. The van der Waals surface area contributed by atoms with Crippen molar-refractivity contribution < 1.29 is 31.4 Å². The molecular formula is C19H23F2N3O5S. The third-order valence-corrected chi connectivity index (χ3v) is 5.93. The molecule has 0 unspecified atom stereocenters. The zero-order valence-corrected chi connectivity index (χ0v) is 17.3. The second kappa shape index (κ2) is 9.35. The zero-order valence-electron chi connectivity index (χ0n) is 16.5. The maximum atomic E-state index is 12.8. The van der Waals surface area contributed by atoms with E-state index in [2.05, 4.69) is 19.7 Å². The Labute approximate surface area is 173 Å². The number of benzene rings is 2. The molecule has 8 nitrogen and oxygen atoms in total.